The van der Waals surface area contributed by atoms with Gasteiger partial charge in [0.2, 0.25) is 0 Å². The van der Waals surface area contributed by atoms with Gasteiger partial charge in [-0.2, -0.15) is 0 Å². The predicted octanol–water partition coefficient (Wildman–Crippen LogP) is 5.67. The molecule has 0 nitrogen and oxygen atoms in total. The summed E-state index contributed by atoms with van der Waals surface area (Å²) in [6.45, 7) is 11.8. The van der Waals surface area contributed by atoms with Crippen molar-refractivity contribution in [3.8, 4) is 0 Å². The summed E-state index contributed by atoms with van der Waals surface area (Å²) in [4.78, 5) is 0. The first-order valence-corrected chi connectivity index (χ1v) is 7.11. The van der Waals surface area contributed by atoms with Crippen LogP contribution in [-0.4, -0.2) is 0 Å². The minimum absolute atomic E-state index is 0.869. The summed E-state index contributed by atoms with van der Waals surface area (Å²) < 4.78 is 0. The van der Waals surface area contributed by atoms with Crippen molar-refractivity contribution < 1.29 is 0 Å². The maximum Gasteiger partial charge on any atom is -0.0389 e. The molecule has 0 fully saturated rings. The van der Waals surface area contributed by atoms with Gasteiger partial charge < -0.3 is 0 Å². The molecule has 0 aromatic heterocycles. The van der Waals surface area contributed by atoms with E-state index in [4.69, 9.17) is 0 Å². The van der Waals surface area contributed by atoms with Crippen LogP contribution in [0.15, 0.2) is 0 Å². The Balaban J connectivity index is 3.68. The van der Waals surface area contributed by atoms with Crippen molar-refractivity contribution in [3.05, 3.63) is 0 Å². The second kappa shape index (κ2) is 9.24. The van der Waals surface area contributed by atoms with Gasteiger partial charge in [-0.05, 0) is 24.2 Å². The Bertz CT molecular complexity index is 126. The fourth-order valence-corrected chi connectivity index (χ4v) is 2.54. The van der Waals surface area contributed by atoms with Crippen LogP contribution in [0.5, 0.6) is 0 Å². The molecule has 0 saturated carbocycles. The molecule has 0 aromatic rings. The van der Waals surface area contributed by atoms with Crippen molar-refractivity contribution in [3.63, 3.8) is 0 Å². The average Bonchev–Trinajstić information content (AvgIpc) is 2.20. The van der Waals surface area contributed by atoms with Crippen LogP contribution in [0.2, 0.25) is 0 Å². The van der Waals surface area contributed by atoms with Gasteiger partial charge in [0.1, 0.15) is 0 Å². The molecular formula is C15H32. The third-order valence-corrected chi connectivity index (χ3v) is 3.62. The molecule has 0 heteroatoms. The summed E-state index contributed by atoms with van der Waals surface area (Å²) in [6.07, 6.45) is 9.91. The van der Waals surface area contributed by atoms with E-state index in [1.165, 1.54) is 44.9 Å². The minimum atomic E-state index is 0.869. The van der Waals surface area contributed by atoms with Crippen molar-refractivity contribution in [2.24, 2.45) is 17.8 Å². The van der Waals surface area contributed by atoms with Gasteiger partial charge in [-0.3, -0.25) is 0 Å². The van der Waals surface area contributed by atoms with Gasteiger partial charge >= 0.3 is 0 Å². The van der Waals surface area contributed by atoms with Gasteiger partial charge in [-0.1, -0.05) is 73.1 Å². The average molecular weight is 212 g/mol. The Hall–Kier alpha value is 0. The van der Waals surface area contributed by atoms with Crippen LogP contribution in [0.25, 0.3) is 0 Å². The number of unbranched alkanes of at least 4 members (excludes halogenated alkanes) is 3. The third kappa shape index (κ3) is 7.88. The van der Waals surface area contributed by atoms with Gasteiger partial charge in [0.15, 0.2) is 0 Å². The quantitative estimate of drug-likeness (QED) is 0.432. The first-order valence-electron chi connectivity index (χ1n) is 7.11. The van der Waals surface area contributed by atoms with E-state index >= 15 is 0 Å². The SMILES string of the molecule is CCCCCCC(C)C(CC)CC(C)C. The molecule has 0 aliphatic heterocycles. The maximum absolute atomic E-state index is 2.46. The van der Waals surface area contributed by atoms with Crippen LogP contribution in [-0.2, 0) is 0 Å². The Kier molecular flexibility index (Phi) is 9.24. The number of rotatable bonds is 9. The zero-order valence-corrected chi connectivity index (χ0v) is 11.7. The van der Waals surface area contributed by atoms with E-state index in [-0.39, 0.29) is 0 Å². The molecular weight excluding hydrogens is 180 g/mol. The molecule has 0 saturated heterocycles. The summed E-state index contributed by atoms with van der Waals surface area (Å²) >= 11 is 0. The molecule has 0 rings (SSSR count). The normalized spacial score (nSPS) is 15.6. The standard InChI is InChI=1S/C15H32/c1-6-8-9-10-11-14(5)15(7-2)12-13(3)4/h13-15H,6-12H2,1-5H3. The smallest absolute Gasteiger partial charge is 0.0389 e. The highest BCUT2D eigenvalue weighted by molar-refractivity contribution is 4.67. The second-order valence-corrected chi connectivity index (χ2v) is 5.62. The number of hydrogen-bond acceptors (Lipinski definition) is 0. The monoisotopic (exact) mass is 212 g/mol. The van der Waals surface area contributed by atoms with E-state index in [9.17, 15) is 0 Å². The molecule has 0 heterocycles. The van der Waals surface area contributed by atoms with Crippen molar-refractivity contribution >= 4 is 0 Å². The van der Waals surface area contributed by atoms with Crippen molar-refractivity contribution in [2.45, 2.75) is 79.6 Å². The van der Waals surface area contributed by atoms with Gasteiger partial charge in [0.25, 0.3) is 0 Å². The second-order valence-electron chi connectivity index (χ2n) is 5.62. The summed E-state index contributed by atoms with van der Waals surface area (Å²) in [5.74, 6) is 2.77. The molecule has 0 spiro atoms. The Morgan fingerprint density at radius 3 is 2.00 bits per heavy atom. The lowest BCUT2D eigenvalue weighted by Crippen LogP contribution is -2.13. The molecule has 0 aromatic carbocycles. The zero-order valence-electron chi connectivity index (χ0n) is 11.7. The highest BCUT2D eigenvalue weighted by Gasteiger charge is 2.16. The van der Waals surface area contributed by atoms with Crippen LogP contribution in [0.3, 0.4) is 0 Å². The zero-order chi connectivity index (χ0) is 11.7. The van der Waals surface area contributed by atoms with E-state index in [2.05, 4.69) is 34.6 Å². The maximum atomic E-state index is 2.46. The van der Waals surface area contributed by atoms with E-state index in [1.807, 2.05) is 0 Å². The van der Waals surface area contributed by atoms with Crippen LogP contribution in [0, 0.1) is 17.8 Å². The van der Waals surface area contributed by atoms with Gasteiger partial charge in [-0.25, -0.2) is 0 Å². The van der Waals surface area contributed by atoms with Crippen LogP contribution in [0.4, 0.5) is 0 Å². The molecule has 15 heavy (non-hydrogen) atoms. The van der Waals surface area contributed by atoms with Gasteiger partial charge in [0, 0.05) is 0 Å². The lowest BCUT2D eigenvalue weighted by molar-refractivity contribution is 0.271. The van der Waals surface area contributed by atoms with Gasteiger partial charge in [-0.15, -0.1) is 0 Å². The van der Waals surface area contributed by atoms with E-state index in [1.54, 1.807) is 0 Å². The molecule has 0 aliphatic carbocycles. The summed E-state index contributed by atoms with van der Waals surface area (Å²) in [5.41, 5.74) is 0. The summed E-state index contributed by atoms with van der Waals surface area (Å²) in [5, 5.41) is 0. The third-order valence-electron chi connectivity index (χ3n) is 3.62. The van der Waals surface area contributed by atoms with Crippen molar-refractivity contribution in [1.29, 1.82) is 0 Å². The predicted molar refractivity (Wildman–Crippen MR) is 71.2 cm³/mol. The fraction of sp³-hybridized carbons (Fsp3) is 1.00. The molecule has 2 unspecified atom stereocenters. The molecule has 0 radical (unpaired) electrons. The van der Waals surface area contributed by atoms with Crippen LogP contribution in [0.1, 0.15) is 79.6 Å². The molecule has 2 atom stereocenters. The van der Waals surface area contributed by atoms with Crippen LogP contribution < -0.4 is 0 Å². The molecule has 0 N–H and O–H groups in total. The molecule has 0 bridgehead atoms. The molecule has 92 valence electrons. The summed E-state index contributed by atoms with van der Waals surface area (Å²) in [6, 6.07) is 0. The van der Waals surface area contributed by atoms with Crippen molar-refractivity contribution in [1.82, 2.24) is 0 Å². The van der Waals surface area contributed by atoms with E-state index < -0.39 is 0 Å². The van der Waals surface area contributed by atoms with Crippen LogP contribution >= 0.6 is 0 Å². The largest absolute Gasteiger partial charge is 0.0654 e. The lowest BCUT2D eigenvalue weighted by Gasteiger charge is -2.24. The Labute approximate surface area is 97.8 Å². The minimum Gasteiger partial charge on any atom is -0.0654 e. The molecule has 0 aliphatic rings. The first-order chi connectivity index (χ1) is 7.11. The lowest BCUT2D eigenvalue weighted by atomic mass is 9.82. The molecule has 0 amide bonds. The Morgan fingerprint density at radius 1 is 0.867 bits per heavy atom. The first kappa shape index (κ1) is 15.0. The topological polar surface area (TPSA) is 0 Å². The highest BCUT2D eigenvalue weighted by Crippen LogP contribution is 2.27. The fourth-order valence-electron chi connectivity index (χ4n) is 2.54. The number of hydrogen-bond donors (Lipinski definition) is 0. The van der Waals surface area contributed by atoms with E-state index in [0.717, 1.165) is 17.8 Å². The Morgan fingerprint density at radius 2 is 1.53 bits per heavy atom. The van der Waals surface area contributed by atoms with E-state index in [0.29, 0.717) is 0 Å². The van der Waals surface area contributed by atoms with Gasteiger partial charge in [0.05, 0.1) is 0 Å². The van der Waals surface area contributed by atoms with Crippen molar-refractivity contribution in [2.75, 3.05) is 0 Å². The summed E-state index contributed by atoms with van der Waals surface area (Å²) in [7, 11) is 0. The highest BCUT2D eigenvalue weighted by atomic mass is 14.2.